The fourth-order valence-electron chi connectivity index (χ4n) is 3.70. The van der Waals surface area contributed by atoms with Gasteiger partial charge in [-0.15, -0.1) is 0 Å². The third-order valence-electron chi connectivity index (χ3n) is 5.11. The minimum Gasteiger partial charge on any atom is -0.491 e. The van der Waals surface area contributed by atoms with Crippen LogP contribution in [0.15, 0.2) is 53.4 Å². The second-order valence-corrected chi connectivity index (χ2v) is 10.4. The molecule has 3 rings (SSSR count). The highest BCUT2D eigenvalue weighted by atomic mass is 32.2. The molecule has 174 valence electrons. The summed E-state index contributed by atoms with van der Waals surface area (Å²) in [5, 5.41) is 2.87. The van der Waals surface area contributed by atoms with Crippen molar-refractivity contribution in [2.24, 2.45) is 0 Å². The van der Waals surface area contributed by atoms with Crippen molar-refractivity contribution in [1.82, 2.24) is 9.62 Å². The molecule has 1 N–H and O–H groups in total. The summed E-state index contributed by atoms with van der Waals surface area (Å²) in [5.41, 5.74) is 1.40. The molecular weight excluding hydrogens is 428 g/mol. The van der Waals surface area contributed by atoms with E-state index in [-0.39, 0.29) is 29.1 Å². The van der Waals surface area contributed by atoms with E-state index in [1.54, 1.807) is 12.1 Å². The number of rotatable bonds is 8. The molecule has 1 saturated heterocycles. The number of hydrogen-bond donors (Lipinski definition) is 1. The summed E-state index contributed by atoms with van der Waals surface area (Å²) in [6.45, 7) is 8.70. The molecule has 7 nitrogen and oxygen atoms in total. The van der Waals surface area contributed by atoms with Crippen LogP contribution in [0.1, 0.15) is 43.6 Å². The van der Waals surface area contributed by atoms with Crippen LogP contribution in [0.4, 0.5) is 0 Å². The van der Waals surface area contributed by atoms with Crippen LogP contribution < -0.4 is 10.1 Å². The first-order chi connectivity index (χ1) is 15.1. The van der Waals surface area contributed by atoms with Gasteiger partial charge in [-0.25, -0.2) is 8.42 Å². The van der Waals surface area contributed by atoms with E-state index in [1.165, 1.54) is 16.4 Å². The first kappa shape index (κ1) is 24.2. The summed E-state index contributed by atoms with van der Waals surface area (Å²) in [6, 6.07) is 14.0. The fourth-order valence-corrected chi connectivity index (χ4v) is 5.34. The third kappa shape index (κ3) is 6.31. The predicted molar refractivity (Wildman–Crippen MR) is 123 cm³/mol. The molecule has 0 saturated carbocycles. The van der Waals surface area contributed by atoms with Crippen LogP contribution in [0, 0.1) is 0 Å². The topological polar surface area (TPSA) is 84.9 Å². The molecule has 0 radical (unpaired) electrons. The molecule has 1 amide bonds. The van der Waals surface area contributed by atoms with Gasteiger partial charge < -0.3 is 14.8 Å². The Labute approximate surface area is 190 Å². The molecule has 0 bridgehead atoms. The van der Waals surface area contributed by atoms with E-state index < -0.39 is 10.0 Å². The molecule has 0 aliphatic carbocycles. The molecule has 0 spiro atoms. The molecule has 2 atom stereocenters. The van der Waals surface area contributed by atoms with E-state index in [1.807, 2.05) is 52.0 Å². The Bertz CT molecular complexity index is 1010. The Hall–Kier alpha value is -2.42. The predicted octanol–water partition coefficient (Wildman–Crippen LogP) is 3.24. The van der Waals surface area contributed by atoms with Crippen molar-refractivity contribution in [3.05, 3.63) is 59.7 Å². The van der Waals surface area contributed by atoms with Crippen molar-refractivity contribution in [3.63, 3.8) is 0 Å². The van der Waals surface area contributed by atoms with E-state index in [9.17, 15) is 13.2 Å². The Morgan fingerprint density at radius 2 is 1.78 bits per heavy atom. The highest BCUT2D eigenvalue weighted by Gasteiger charge is 2.32. The SMILES string of the molecule is CC(C)Oc1ccc(CCNC(=O)c2cccc(S(=O)(=O)N3CC(C)OC(C)C3)c2)cc1. The summed E-state index contributed by atoms with van der Waals surface area (Å²) in [5.74, 6) is 0.514. The number of benzene rings is 2. The van der Waals surface area contributed by atoms with Crippen LogP contribution >= 0.6 is 0 Å². The van der Waals surface area contributed by atoms with Gasteiger partial charge in [0.15, 0.2) is 0 Å². The number of carbonyl (C=O) groups excluding carboxylic acids is 1. The van der Waals surface area contributed by atoms with Gasteiger partial charge in [-0.05, 0) is 70.0 Å². The van der Waals surface area contributed by atoms with Gasteiger partial charge >= 0.3 is 0 Å². The van der Waals surface area contributed by atoms with Gasteiger partial charge in [0.25, 0.3) is 5.91 Å². The van der Waals surface area contributed by atoms with Gasteiger partial charge in [-0.2, -0.15) is 4.31 Å². The third-order valence-corrected chi connectivity index (χ3v) is 6.94. The maximum absolute atomic E-state index is 13.1. The van der Waals surface area contributed by atoms with E-state index in [2.05, 4.69) is 5.32 Å². The second kappa shape index (κ2) is 10.5. The molecule has 1 heterocycles. The highest BCUT2D eigenvalue weighted by molar-refractivity contribution is 7.89. The van der Waals surface area contributed by atoms with Crippen molar-refractivity contribution in [3.8, 4) is 5.75 Å². The second-order valence-electron chi connectivity index (χ2n) is 8.42. The first-order valence-electron chi connectivity index (χ1n) is 10.9. The Morgan fingerprint density at radius 3 is 2.41 bits per heavy atom. The normalized spacial score (nSPS) is 19.7. The number of sulfonamides is 1. The Morgan fingerprint density at radius 1 is 1.12 bits per heavy atom. The van der Waals surface area contributed by atoms with E-state index >= 15 is 0 Å². The first-order valence-corrected chi connectivity index (χ1v) is 12.4. The largest absolute Gasteiger partial charge is 0.491 e. The van der Waals surface area contributed by atoms with Crippen molar-refractivity contribution < 1.29 is 22.7 Å². The maximum atomic E-state index is 13.1. The van der Waals surface area contributed by atoms with Gasteiger partial charge in [-0.1, -0.05) is 18.2 Å². The molecule has 1 fully saturated rings. The van der Waals surface area contributed by atoms with E-state index in [4.69, 9.17) is 9.47 Å². The Balaban J connectivity index is 1.60. The van der Waals surface area contributed by atoms with Gasteiger partial charge in [-0.3, -0.25) is 4.79 Å². The molecule has 2 aromatic rings. The maximum Gasteiger partial charge on any atom is 0.251 e. The summed E-state index contributed by atoms with van der Waals surface area (Å²) >= 11 is 0. The molecule has 32 heavy (non-hydrogen) atoms. The quantitative estimate of drug-likeness (QED) is 0.654. The molecule has 1 aliphatic rings. The van der Waals surface area contributed by atoms with Gasteiger partial charge in [0.05, 0.1) is 23.2 Å². The summed E-state index contributed by atoms with van der Waals surface area (Å²) in [4.78, 5) is 12.7. The van der Waals surface area contributed by atoms with Crippen LogP contribution in [0.3, 0.4) is 0 Å². The minimum absolute atomic E-state index is 0.118. The molecule has 2 aromatic carbocycles. The lowest BCUT2D eigenvalue weighted by molar-refractivity contribution is -0.0440. The molecule has 8 heteroatoms. The standard InChI is InChI=1S/C24H32N2O5S/c1-17(2)30-22-10-8-20(9-11-22)12-13-25-24(27)21-6-5-7-23(14-21)32(28,29)26-15-18(3)31-19(4)16-26/h5-11,14,17-19H,12-13,15-16H2,1-4H3,(H,25,27). The lowest BCUT2D eigenvalue weighted by Gasteiger charge is -2.34. The zero-order valence-electron chi connectivity index (χ0n) is 19.1. The molecule has 0 aromatic heterocycles. The average molecular weight is 461 g/mol. The number of morpholine rings is 1. The molecular formula is C24H32N2O5S. The van der Waals surface area contributed by atoms with Crippen molar-refractivity contribution in [1.29, 1.82) is 0 Å². The van der Waals surface area contributed by atoms with Crippen LogP contribution in [-0.4, -0.2) is 56.6 Å². The number of amides is 1. The number of hydrogen-bond acceptors (Lipinski definition) is 5. The molecule has 1 aliphatic heterocycles. The van der Waals surface area contributed by atoms with Crippen LogP contribution in [0.25, 0.3) is 0 Å². The van der Waals surface area contributed by atoms with Crippen LogP contribution in [0.2, 0.25) is 0 Å². The number of nitrogens with zero attached hydrogens (tertiary/aromatic N) is 1. The van der Waals surface area contributed by atoms with Gasteiger partial charge in [0, 0.05) is 25.2 Å². The Kier molecular flexibility index (Phi) is 7.92. The monoisotopic (exact) mass is 460 g/mol. The number of ether oxygens (including phenoxy) is 2. The van der Waals surface area contributed by atoms with Crippen molar-refractivity contribution in [2.45, 2.75) is 57.3 Å². The summed E-state index contributed by atoms with van der Waals surface area (Å²) in [7, 11) is -3.70. The summed E-state index contributed by atoms with van der Waals surface area (Å²) < 4.78 is 38.8. The summed E-state index contributed by atoms with van der Waals surface area (Å²) in [6.07, 6.45) is 0.432. The van der Waals surface area contributed by atoms with Crippen molar-refractivity contribution in [2.75, 3.05) is 19.6 Å². The lowest BCUT2D eigenvalue weighted by atomic mass is 10.1. The zero-order chi connectivity index (χ0) is 23.3. The average Bonchev–Trinajstić information content (AvgIpc) is 2.74. The fraction of sp³-hybridized carbons (Fsp3) is 0.458. The van der Waals surface area contributed by atoms with E-state index in [0.717, 1.165) is 11.3 Å². The molecule has 2 unspecified atom stereocenters. The smallest absolute Gasteiger partial charge is 0.251 e. The van der Waals surface area contributed by atoms with Crippen LogP contribution in [0.5, 0.6) is 5.75 Å². The lowest BCUT2D eigenvalue weighted by Crippen LogP contribution is -2.48. The van der Waals surface area contributed by atoms with Crippen molar-refractivity contribution >= 4 is 15.9 Å². The van der Waals surface area contributed by atoms with Gasteiger partial charge in [0.2, 0.25) is 10.0 Å². The van der Waals surface area contributed by atoms with Gasteiger partial charge in [0.1, 0.15) is 5.75 Å². The van der Waals surface area contributed by atoms with E-state index in [0.29, 0.717) is 31.6 Å². The minimum atomic E-state index is -3.70. The van der Waals surface area contributed by atoms with Crippen LogP contribution in [-0.2, 0) is 21.2 Å². The number of carbonyl (C=O) groups is 1. The highest BCUT2D eigenvalue weighted by Crippen LogP contribution is 2.22. The zero-order valence-corrected chi connectivity index (χ0v) is 19.9. The number of nitrogens with one attached hydrogen (secondary N) is 1.